The summed E-state index contributed by atoms with van der Waals surface area (Å²) in [6, 6.07) is 5.42. The molecule has 0 aliphatic carbocycles. The Morgan fingerprint density at radius 3 is 2.56 bits per heavy atom. The third-order valence-corrected chi connectivity index (χ3v) is 4.69. The Kier molecular flexibility index (Phi) is 4.94. The predicted octanol–water partition coefficient (Wildman–Crippen LogP) is 2.34. The van der Waals surface area contributed by atoms with Crippen molar-refractivity contribution in [3.8, 4) is 12.3 Å². The first-order valence-electron chi connectivity index (χ1n) is 5.94. The van der Waals surface area contributed by atoms with Crippen LogP contribution in [-0.2, 0) is 10.0 Å². The Morgan fingerprint density at radius 2 is 2.00 bits per heavy atom. The average Bonchev–Trinajstić information content (AvgIpc) is 2.32. The zero-order valence-corrected chi connectivity index (χ0v) is 11.9. The predicted molar refractivity (Wildman–Crippen MR) is 73.8 cm³/mol. The number of aryl methyl sites for hydroxylation is 2. The summed E-state index contributed by atoms with van der Waals surface area (Å²) in [4.78, 5) is 0.353. The maximum absolute atomic E-state index is 12.5. The van der Waals surface area contributed by atoms with Crippen LogP contribution in [0.4, 0.5) is 0 Å². The summed E-state index contributed by atoms with van der Waals surface area (Å²) >= 11 is 0. The molecule has 0 bridgehead atoms. The Hall–Kier alpha value is -1.31. The van der Waals surface area contributed by atoms with E-state index in [0.29, 0.717) is 11.4 Å². The lowest BCUT2D eigenvalue weighted by Crippen LogP contribution is -2.32. The largest absolute Gasteiger partial charge is 0.244 e. The highest BCUT2D eigenvalue weighted by Gasteiger charge is 2.24. The normalized spacial score (nSPS) is 11.5. The van der Waals surface area contributed by atoms with Gasteiger partial charge in [-0.1, -0.05) is 25.0 Å². The minimum absolute atomic E-state index is 0.115. The number of sulfonamides is 1. The highest BCUT2D eigenvalue weighted by Crippen LogP contribution is 2.21. The lowest BCUT2D eigenvalue weighted by Gasteiger charge is -2.20. The molecule has 0 radical (unpaired) electrons. The van der Waals surface area contributed by atoms with Gasteiger partial charge >= 0.3 is 0 Å². The molecule has 4 heteroatoms. The lowest BCUT2D eigenvalue weighted by atomic mass is 10.2. The van der Waals surface area contributed by atoms with Crippen molar-refractivity contribution in [3.63, 3.8) is 0 Å². The molecule has 0 fully saturated rings. The van der Waals surface area contributed by atoms with Crippen molar-refractivity contribution >= 4 is 10.0 Å². The minimum Gasteiger partial charge on any atom is -0.207 e. The maximum atomic E-state index is 12.5. The molecule has 0 aromatic heterocycles. The number of rotatable bonds is 5. The van der Waals surface area contributed by atoms with E-state index in [1.54, 1.807) is 13.0 Å². The first-order chi connectivity index (χ1) is 8.43. The Balaban J connectivity index is 3.26. The molecule has 0 heterocycles. The first kappa shape index (κ1) is 14.7. The van der Waals surface area contributed by atoms with Gasteiger partial charge in [-0.2, -0.15) is 4.31 Å². The van der Waals surface area contributed by atoms with Gasteiger partial charge in [0.15, 0.2) is 0 Å². The van der Waals surface area contributed by atoms with Crippen molar-refractivity contribution in [3.05, 3.63) is 29.3 Å². The van der Waals surface area contributed by atoms with Gasteiger partial charge in [0.25, 0.3) is 0 Å². The molecule has 0 amide bonds. The van der Waals surface area contributed by atoms with Crippen LogP contribution in [0.3, 0.4) is 0 Å². The summed E-state index contributed by atoms with van der Waals surface area (Å²) in [5.41, 5.74) is 1.68. The number of benzene rings is 1. The van der Waals surface area contributed by atoms with Crippen LogP contribution in [0.5, 0.6) is 0 Å². The van der Waals surface area contributed by atoms with Crippen LogP contribution in [0.25, 0.3) is 0 Å². The molecule has 0 atom stereocenters. The third-order valence-electron chi connectivity index (χ3n) is 2.70. The molecule has 0 N–H and O–H groups in total. The molecule has 18 heavy (non-hydrogen) atoms. The summed E-state index contributed by atoms with van der Waals surface area (Å²) in [6.07, 6.45) is 5.99. The second-order valence-corrected chi connectivity index (χ2v) is 6.22. The number of hydrogen-bond donors (Lipinski definition) is 0. The zero-order valence-electron chi connectivity index (χ0n) is 11.1. The SMILES string of the molecule is C#CCN(CCC)S(=O)(=O)c1cc(C)ccc1C. The Bertz CT molecular complexity index is 556. The molecular weight excluding hydrogens is 246 g/mol. The molecule has 1 rings (SSSR count). The second kappa shape index (κ2) is 6.03. The van der Waals surface area contributed by atoms with Crippen molar-refractivity contribution in [1.82, 2.24) is 4.31 Å². The molecule has 0 saturated heterocycles. The van der Waals surface area contributed by atoms with E-state index < -0.39 is 10.0 Å². The van der Waals surface area contributed by atoms with E-state index in [-0.39, 0.29) is 6.54 Å². The van der Waals surface area contributed by atoms with E-state index in [9.17, 15) is 8.42 Å². The number of terminal acetylenes is 1. The maximum Gasteiger partial charge on any atom is 0.244 e. The van der Waals surface area contributed by atoms with Crippen molar-refractivity contribution in [2.45, 2.75) is 32.1 Å². The van der Waals surface area contributed by atoms with Gasteiger partial charge in [0.05, 0.1) is 11.4 Å². The van der Waals surface area contributed by atoms with Gasteiger partial charge in [-0.15, -0.1) is 6.42 Å². The van der Waals surface area contributed by atoms with Crippen LogP contribution in [0.1, 0.15) is 24.5 Å². The van der Waals surface area contributed by atoms with Crippen LogP contribution < -0.4 is 0 Å². The van der Waals surface area contributed by atoms with Crippen LogP contribution in [-0.4, -0.2) is 25.8 Å². The van der Waals surface area contributed by atoms with Crippen LogP contribution in [0.2, 0.25) is 0 Å². The van der Waals surface area contributed by atoms with E-state index in [2.05, 4.69) is 5.92 Å². The third kappa shape index (κ3) is 3.12. The lowest BCUT2D eigenvalue weighted by molar-refractivity contribution is 0.445. The molecule has 0 unspecified atom stereocenters. The Morgan fingerprint density at radius 1 is 1.33 bits per heavy atom. The van der Waals surface area contributed by atoms with Gasteiger partial charge in [-0.25, -0.2) is 8.42 Å². The first-order valence-corrected chi connectivity index (χ1v) is 7.38. The fourth-order valence-electron chi connectivity index (χ4n) is 1.76. The molecule has 0 aliphatic rings. The molecule has 0 saturated carbocycles. The fourth-order valence-corrected chi connectivity index (χ4v) is 3.52. The zero-order chi connectivity index (χ0) is 13.8. The van der Waals surface area contributed by atoms with Gasteiger partial charge < -0.3 is 0 Å². The van der Waals surface area contributed by atoms with Crippen LogP contribution in [0.15, 0.2) is 23.1 Å². The van der Waals surface area contributed by atoms with Gasteiger partial charge in [0, 0.05) is 6.54 Å². The number of hydrogen-bond acceptors (Lipinski definition) is 2. The Labute approximate surface area is 110 Å². The molecule has 1 aromatic carbocycles. The quantitative estimate of drug-likeness (QED) is 0.766. The summed E-state index contributed by atoms with van der Waals surface area (Å²) in [5.74, 6) is 2.41. The van der Waals surface area contributed by atoms with Crippen molar-refractivity contribution in [2.75, 3.05) is 13.1 Å². The van der Waals surface area contributed by atoms with Crippen LogP contribution in [0, 0.1) is 26.2 Å². The van der Waals surface area contributed by atoms with Crippen molar-refractivity contribution in [1.29, 1.82) is 0 Å². The average molecular weight is 265 g/mol. The summed E-state index contributed by atoms with van der Waals surface area (Å²) < 4.78 is 26.4. The summed E-state index contributed by atoms with van der Waals surface area (Å²) in [5, 5.41) is 0. The van der Waals surface area contributed by atoms with E-state index in [1.165, 1.54) is 4.31 Å². The fraction of sp³-hybridized carbons (Fsp3) is 0.429. The molecule has 1 aromatic rings. The highest BCUT2D eigenvalue weighted by atomic mass is 32.2. The molecule has 0 spiro atoms. The van der Waals surface area contributed by atoms with E-state index in [0.717, 1.165) is 17.5 Å². The molecule has 0 aliphatic heterocycles. The number of nitrogens with zero attached hydrogens (tertiary/aromatic N) is 1. The summed E-state index contributed by atoms with van der Waals surface area (Å²) in [7, 11) is -3.49. The summed E-state index contributed by atoms with van der Waals surface area (Å²) in [6.45, 7) is 6.17. The molecule has 98 valence electrons. The van der Waals surface area contributed by atoms with Crippen LogP contribution >= 0.6 is 0 Å². The van der Waals surface area contributed by atoms with E-state index >= 15 is 0 Å². The van der Waals surface area contributed by atoms with Gasteiger partial charge in [0.2, 0.25) is 10.0 Å². The van der Waals surface area contributed by atoms with E-state index in [1.807, 2.05) is 26.0 Å². The smallest absolute Gasteiger partial charge is 0.207 e. The van der Waals surface area contributed by atoms with Crippen molar-refractivity contribution < 1.29 is 8.42 Å². The minimum atomic E-state index is -3.49. The standard InChI is InChI=1S/C14H19NO2S/c1-5-9-15(10-6-2)18(16,17)14-11-12(3)7-8-13(14)4/h1,7-8,11H,6,9-10H2,2-4H3. The van der Waals surface area contributed by atoms with Gasteiger partial charge in [0.1, 0.15) is 0 Å². The molecule has 3 nitrogen and oxygen atoms in total. The monoisotopic (exact) mass is 265 g/mol. The molecular formula is C14H19NO2S. The van der Waals surface area contributed by atoms with E-state index in [4.69, 9.17) is 6.42 Å². The van der Waals surface area contributed by atoms with Gasteiger partial charge in [-0.3, -0.25) is 0 Å². The topological polar surface area (TPSA) is 37.4 Å². The second-order valence-electron chi connectivity index (χ2n) is 4.31. The highest BCUT2D eigenvalue weighted by molar-refractivity contribution is 7.89. The van der Waals surface area contributed by atoms with Gasteiger partial charge in [-0.05, 0) is 37.5 Å². The van der Waals surface area contributed by atoms with Crippen molar-refractivity contribution in [2.24, 2.45) is 0 Å².